The highest BCUT2D eigenvalue weighted by Gasteiger charge is 2.37. The normalized spacial score (nSPS) is 15.7. The van der Waals surface area contributed by atoms with E-state index in [1.807, 2.05) is 0 Å². The van der Waals surface area contributed by atoms with Gasteiger partial charge in [-0.25, -0.2) is 12.8 Å². The first kappa shape index (κ1) is 27.0. The zero-order valence-corrected chi connectivity index (χ0v) is 20.9. The summed E-state index contributed by atoms with van der Waals surface area (Å²) < 4.78 is 88.5. The summed E-state index contributed by atoms with van der Waals surface area (Å²) in [5.74, 6) is -2.02. The van der Waals surface area contributed by atoms with Crippen LogP contribution in [0.5, 0.6) is 5.75 Å². The summed E-state index contributed by atoms with van der Waals surface area (Å²) in [4.78, 5) is 10.4. The Hall–Kier alpha value is -3.02. The number of ether oxygens (including phenoxy) is 1. The number of hydrogen-bond donors (Lipinski definition) is 1. The molecule has 37 heavy (non-hydrogen) atoms. The average Bonchev–Trinajstić information content (AvgIpc) is 2.83. The number of halogens is 6. The number of benzene rings is 3. The number of carboxylic acids is 1. The lowest BCUT2D eigenvalue weighted by Gasteiger charge is -2.36. The van der Waals surface area contributed by atoms with Crippen LogP contribution >= 0.6 is 23.2 Å². The molecule has 0 bridgehead atoms. The third-order valence-corrected chi connectivity index (χ3v) is 8.03. The predicted octanol–water partition coefficient (Wildman–Crippen LogP) is 6.64. The molecule has 13 heteroatoms. The highest BCUT2D eigenvalue weighted by atomic mass is 35.5. The van der Waals surface area contributed by atoms with Gasteiger partial charge in [0.1, 0.15) is 17.7 Å². The second-order valence-corrected chi connectivity index (χ2v) is 10.8. The highest BCUT2D eigenvalue weighted by Crippen LogP contribution is 2.45. The third kappa shape index (κ3) is 5.48. The number of rotatable bonds is 6. The van der Waals surface area contributed by atoms with Crippen LogP contribution in [0.25, 0.3) is 11.1 Å². The number of hydrogen-bond acceptors (Lipinski definition) is 4. The van der Waals surface area contributed by atoms with Crippen LogP contribution in [0.4, 0.5) is 23.2 Å². The first-order chi connectivity index (χ1) is 17.3. The van der Waals surface area contributed by atoms with Gasteiger partial charge in [0, 0.05) is 23.6 Å². The first-order valence-electron chi connectivity index (χ1n) is 10.7. The summed E-state index contributed by atoms with van der Waals surface area (Å²) >= 11 is 12.3. The molecule has 6 nitrogen and oxygen atoms in total. The van der Waals surface area contributed by atoms with Crippen LogP contribution in [0.1, 0.15) is 18.4 Å². The van der Waals surface area contributed by atoms with Crippen molar-refractivity contribution in [2.45, 2.75) is 30.0 Å². The molecule has 0 spiro atoms. The van der Waals surface area contributed by atoms with Crippen molar-refractivity contribution in [3.63, 3.8) is 0 Å². The number of anilines is 1. The molecule has 0 fully saturated rings. The van der Waals surface area contributed by atoms with Gasteiger partial charge in [0.15, 0.2) is 0 Å². The number of fused-ring (bicyclic) bond motifs is 1. The summed E-state index contributed by atoms with van der Waals surface area (Å²) in [6, 6.07) is 9.86. The van der Waals surface area contributed by atoms with E-state index in [1.54, 1.807) is 0 Å². The molecular formula is C24H17Cl2F4NO5S. The Morgan fingerprint density at radius 3 is 2.43 bits per heavy atom. The van der Waals surface area contributed by atoms with Crippen LogP contribution in [-0.4, -0.2) is 32.1 Å². The van der Waals surface area contributed by atoms with E-state index >= 15 is 0 Å². The van der Waals surface area contributed by atoms with Crippen LogP contribution in [0.3, 0.4) is 0 Å². The zero-order chi connectivity index (χ0) is 27.1. The quantitative estimate of drug-likeness (QED) is 0.332. The number of sulfonamides is 1. The maximum absolute atomic E-state index is 14.8. The Balaban J connectivity index is 1.88. The SMILES string of the molecule is O=C(O)CCC1CN(S(=O)(=O)c2cccc(C(F)(F)F)c2)c2cc(-c3cccc(Cl)c3F)c(Cl)cc2O1. The van der Waals surface area contributed by atoms with E-state index in [2.05, 4.69) is 0 Å². The van der Waals surface area contributed by atoms with Crippen molar-refractivity contribution in [1.29, 1.82) is 0 Å². The molecule has 0 aliphatic carbocycles. The van der Waals surface area contributed by atoms with E-state index in [0.717, 1.165) is 22.5 Å². The van der Waals surface area contributed by atoms with Gasteiger partial charge in [-0.3, -0.25) is 9.10 Å². The maximum Gasteiger partial charge on any atom is 0.416 e. The second kappa shape index (κ2) is 10.0. The van der Waals surface area contributed by atoms with Crippen LogP contribution < -0.4 is 9.04 Å². The smallest absolute Gasteiger partial charge is 0.416 e. The van der Waals surface area contributed by atoms with Crippen molar-refractivity contribution < 1.29 is 40.6 Å². The largest absolute Gasteiger partial charge is 0.486 e. The molecule has 3 aromatic rings. The van der Waals surface area contributed by atoms with Crippen molar-refractivity contribution in [3.8, 4) is 16.9 Å². The zero-order valence-electron chi connectivity index (χ0n) is 18.6. The molecule has 1 atom stereocenters. The molecule has 0 aromatic heterocycles. The minimum absolute atomic E-state index is 0.0183. The Bertz CT molecular complexity index is 1480. The van der Waals surface area contributed by atoms with Crippen LogP contribution in [0.2, 0.25) is 10.0 Å². The lowest BCUT2D eigenvalue weighted by Crippen LogP contribution is -2.43. The van der Waals surface area contributed by atoms with Crippen molar-refractivity contribution in [1.82, 2.24) is 0 Å². The number of carbonyl (C=O) groups is 1. The molecule has 1 heterocycles. The van der Waals surface area contributed by atoms with Gasteiger partial charge in [-0.2, -0.15) is 13.2 Å². The first-order valence-corrected chi connectivity index (χ1v) is 12.8. The monoisotopic (exact) mass is 577 g/mol. The highest BCUT2D eigenvalue weighted by molar-refractivity contribution is 7.92. The van der Waals surface area contributed by atoms with Crippen LogP contribution in [0.15, 0.2) is 59.5 Å². The lowest BCUT2D eigenvalue weighted by atomic mass is 10.0. The molecule has 1 aliphatic heterocycles. The summed E-state index contributed by atoms with van der Waals surface area (Å²) in [7, 11) is -4.62. The molecule has 0 radical (unpaired) electrons. The second-order valence-electron chi connectivity index (χ2n) is 8.14. The number of aliphatic carboxylic acids is 1. The molecule has 196 valence electrons. The standard InChI is InChI=1S/C24H17Cl2F4NO5S/c25-18-6-2-5-16(23(18)27)17-10-20-21(11-19(17)26)36-14(7-8-22(32)33)12-31(20)37(34,35)15-4-1-3-13(9-15)24(28,29)30/h1-6,9-11,14H,7-8,12H2,(H,32,33). The van der Waals surface area contributed by atoms with Gasteiger partial charge in [0.2, 0.25) is 0 Å². The lowest BCUT2D eigenvalue weighted by molar-refractivity contribution is -0.138. The van der Waals surface area contributed by atoms with Gasteiger partial charge in [-0.15, -0.1) is 0 Å². The average molecular weight is 578 g/mol. The minimum atomic E-state index is -4.79. The minimum Gasteiger partial charge on any atom is -0.486 e. The fourth-order valence-corrected chi connectivity index (χ4v) is 5.85. The Labute approximate surface area is 219 Å². The van der Waals surface area contributed by atoms with E-state index in [0.29, 0.717) is 6.07 Å². The van der Waals surface area contributed by atoms with Crippen molar-refractivity contribution in [3.05, 3.63) is 76.0 Å². The van der Waals surface area contributed by atoms with E-state index in [-0.39, 0.29) is 45.5 Å². The summed E-state index contributed by atoms with van der Waals surface area (Å²) in [5.41, 5.74) is -1.24. The third-order valence-electron chi connectivity index (χ3n) is 5.65. The Kier molecular flexibility index (Phi) is 7.33. The van der Waals surface area contributed by atoms with Crippen LogP contribution in [-0.2, 0) is 21.0 Å². The van der Waals surface area contributed by atoms with Gasteiger partial charge in [-0.1, -0.05) is 41.4 Å². The van der Waals surface area contributed by atoms with Gasteiger partial charge in [-0.05, 0) is 36.8 Å². The molecular weight excluding hydrogens is 561 g/mol. The number of alkyl halides is 3. The molecule has 4 rings (SSSR count). The predicted molar refractivity (Wildman–Crippen MR) is 129 cm³/mol. The molecule has 0 saturated carbocycles. The molecule has 0 amide bonds. The topological polar surface area (TPSA) is 83.9 Å². The van der Waals surface area contributed by atoms with E-state index in [4.69, 9.17) is 33.0 Å². The molecule has 1 aliphatic rings. The van der Waals surface area contributed by atoms with Crippen molar-refractivity contribution >= 4 is 44.9 Å². The molecule has 3 aromatic carbocycles. The Morgan fingerprint density at radius 2 is 1.76 bits per heavy atom. The summed E-state index contributed by atoms with van der Waals surface area (Å²) in [5, 5.41) is 8.82. The van der Waals surface area contributed by atoms with E-state index < -0.39 is 51.1 Å². The fourth-order valence-electron chi connectivity index (χ4n) is 3.87. The van der Waals surface area contributed by atoms with E-state index in [9.17, 15) is 30.8 Å². The fraction of sp³-hybridized carbons (Fsp3) is 0.208. The molecule has 0 saturated heterocycles. The molecule has 1 N–H and O–H groups in total. The number of nitrogens with zero attached hydrogens (tertiary/aromatic N) is 1. The van der Waals surface area contributed by atoms with Gasteiger partial charge >= 0.3 is 12.1 Å². The Morgan fingerprint density at radius 1 is 1.05 bits per heavy atom. The summed E-state index contributed by atoms with van der Waals surface area (Å²) in [6.45, 7) is -0.405. The van der Waals surface area contributed by atoms with Crippen molar-refractivity contribution in [2.24, 2.45) is 0 Å². The van der Waals surface area contributed by atoms with Crippen molar-refractivity contribution in [2.75, 3.05) is 10.8 Å². The maximum atomic E-state index is 14.8. The molecule has 1 unspecified atom stereocenters. The summed E-state index contributed by atoms with van der Waals surface area (Å²) in [6.07, 6.45) is -6.18. The van der Waals surface area contributed by atoms with Gasteiger partial charge < -0.3 is 9.84 Å². The van der Waals surface area contributed by atoms with E-state index in [1.165, 1.54) is 30.3 Å². The van der Waals surface area contributed by atoms with Gasteiger partial charge in [0.05, 0.1) is 32.7 Å². The number of carboxylic acid groups (broad SMARTS) is 1. The van der Waals surface area contributed by atoms with Crippen LogP contribution in [0, 0.1) is 5.82 Å². The van der Waals surface area contributed by atoms with Gasteiger partial charge in [0.25, 0.3) is 10.0 Å².